The molecule has 0 radical (unpaired) electrons. The average molecular weight is 551 g/mol. The predicted octanol–water partition coefficient (Wildman–Crippen LogP) is 4.75. The molecule has 40 heavy (non-hydrogen) atoms. The molecule has 1 amide bonds. The number of carbonyl (C=O) groups is 1. The normalized spacial score (nSPS) is 13.8. The molecule has 4 aromatic rings. The third-order valence-corrected chi connectivity index (χ3v) is 6.82. The fourth-order valence-electron chi connectivity index (χ4n) is 4.49. The minimum atomic E-state index is -0.146. The summed E-state index contributed by atoms with van der Waals surface area (Å²) in [6.07, 6.45) is 5.20. The van der Waals surface area contributed by atoms with E-state index in [1.807, 2.05) is 66.7 Å². The fourth-order valence-corrected chi connectivity index (χ4v) is 4.58. The summed E-state index contributed by atoms with van der Waals surface area (Å²) in [5.41, 5.74) is 5.04. The molecule has 1 aliphatic heterocycles. The molecule has 0 bridgehead atoms. The van der Waals surface area contributed by atoms with Crippen molar-refractivity contribution in [3.8, 4) is 11.3 Å². The summed E-state index contributed by atoms with van der Waals surface area (Å²) >= 11 is 4.63. The number of pyridine rings is 1. The molecule has 0 atom stereocenters. The number of nitrogens with zero attached hydrogens (tertiary/aromatic N) is 6. The minimum Gasteiger partial charge on any atom is -0.324 e. The molecule has 2 N–H and O–H groups in total. The first-order valence-corrected chi connectivity index (χ1v) is 13.6. The second-order valence-electron chi connectivity index (χ2n) is 9.45. The van der Waals surface area contributed by atoms with Gasteiger partial charge < -0.3 is 10.6 Å². The van der Waals surface area contributed by atoms with Crippen molar-refractivity contribution in [3.63, 3.8) is 0 Å². The van der Waals surface area contributed by atoms with Gasteiger partial charge in [0.2, 0.25) is 5.95 Å². The van der Waals surface area contributed by atoms with Crippen molar-refractivity contribution in [3.05, 3.63) is 96.4 Å². The molecule has 3 heterocycles. The molecule has 202 valence electrons. The highest BCUT2D eigenvalue weighted by molar-refractivity contribution is 7.78. The summed E-state index contributed by atoms with van der Waals surface area (Å²) in [5.74, 6) is 0.337. The van der Waals surface area contributed by atoms with E-state index in [2.05, 4.69) is 57.8 Å². The number of amides is 1. The van der Waals surface area contributed by atoms with Crippen LogP contribution in [-0.4, -0.2) is 75.1 Å². The molecule has 5 rings (SSSR count). The quantitative estimate of drug-likeness (QED) is 0.216. The molecular formula is C30H30N8OS. The van der Waals surface area contributed by atoms with Crippen LogP contribution in [0.4, 0.5) is 17.3 Å². The molecule has 1 saturated heterocycles. The molecule has 10 heteroatoms. The third kappa shape index (κ3) is 7.62. The lowest BCUT2D eigenvalue weighted by Crippen LogP contribution is -2.46. The summed E-state index contributed by atoms with van der Waals surface area (Å²) in [6.45, 7) is 6.57. The van der Waals surface area contributed by atoms with Crippen molar-refractivity contribution < 1.29 is 4.79 Å². The van der Waals surface area contributed by atoms with Gasteiger partial charge in [-0.2, -0.15) is 0 Å². The first-order chi connectivity index (χ1) is 19.7. The average Bonchev–Trinajstić information content (AvgIpc) is 3.00. The highest BCUT2D eigenvalue weighted by atomic mass is 32.1. The number of hydrogen-bond donors (Lipinski definition) is 2. The zero-order valence-corrected chi connectivity index (χ0v) is 22.8. The van der Waals surface area contributed by atoms with Crippen LogP contribution in [-0.2, 0) is 6.54 Å². The van der Waals surface area contributed by atoms with E-state index in [4.69, 9.17) is 0 Å². The van der Waals surface area contributed by atoms with Gasteiger partial charge >= 0.3 is 0 Å². The molecule has 0 unspecified atom stereocenters. The summed E-state index contributed by atoms with van der Waals surface area (Å²) < 4.78 is 0. The van der Waals surface area contributed by atoms with Crippen molar-refractivity contribution >= 4 is 40.6 Å². The number of rotatable bonds is 10. The highest BCUT2D eigenvalue weighted by Crippen LogP contribution is 2.20. The van der Waals surface area contributed by atoms with Gasteiger partial charge in [-0.1, -0.05) is 12.1 Å². The van der Waals surface area contributed by atoms with Gasteiger partial charge in [0.05, 0.1) is 17.4 Å². The Morgan fingerprint density at radius 2 is 1.68 bits per heavy atom. The van der Waals surface area contributed by atoms with Crippen LogP contribution >= 0.6 is 12.2 Å². The number of aliphatic imine (C=N–C) groups is 1. The van der Waals surface area contributed by atoms with Gasteiger partial charge in [0.1, 0.15) is 0 Å². The molecule has 0 aliphatic carbocycles. The number of nitrogens with one attached hydrogen (secondary N) is 2. The van der Waals surface area contributed by atoms with Crippen LogP contribution in [0.25, 0.3) is 11.3 Å². The van der Waals surface area contributed by atoms with Gasteiger partial charge in [-0.25, -0.2) is 15.0 Å². The second kappa shape index (κ2) is 13.6. The fraction of sp³-hybridized carbons (Fsp3) is 0.233. The van der Waals surface area contributed by atoms with Crippen LogP contribution in [0.1, 0.15) is 15.9 Å². The predicted molar refractivity (Wildman–Crippen MR) is 161 cm³/mol. The van der Waals surface area contributed by atoms with Gasteiger partial charge in [-0.05, 0) is 72.4 Å². The zero-order chi connectivity index (χ0) is 27.6. The third-order valence-electron chi connectivity index (χ3n) is 6.69. The Morgan fingerprint density at radius 1 is 0.925 bits per heavy atom. The maximum absolute atomic E-state index is 12.8. The van der Waals surface area contributed by atoms with Gasteiger partial charge in [0.15, 0.2) is 0 Å². The molecule has 2 aromatic heterocycles. The van der Waals surface area contributed by atoms with Crippen LogP contribution in [0, 0.1) is 0 Å². The Hall–Kier alpha value is -4.34. The molecule has 2 aromatic carbocycles. The Kier molecular flexibility index (Phi) is 9.29. The molecular weight excluding hydrogens is 520 g/mol. The number of thiocarbonyl (C=S) groups is 1. The molecule has 1 aliphatic rings. The Balaban J connectivity index is 1.11. The SMILES string of the molecule is O=C(Nc1ccc(Nc2nccc(-c3cccnc3)n2)cc1)c1ccc(CN2CCN(CCN=C=S)CC2)cc1. The summed E-state index contributed by atoms with van der Waals surface area (Å²) in [4.78, 5) is 34.7. The lowest BCUT2D eigenvalue weighted by Gasteiger charge is -2.34. The summed E-state index contributed by atoms with van der Waals surface area (Å²) in [5, 5.41) is 8.60. The molecule has 1 fully saturated rings. The first kappa shape index (κ1) is 27.2. The van der Waals surface area contributed by atoms with Crippen LogP contribution < -0.4 is 10.6 Å². The lowest BCUT2D eigenvalue weighted by molar-refractivity contribution is 0.102. The topological polar surface area (TPSA) is 98.6 Å². The van der Waals surface area contributed by atoms with Gasteiger partial charge in [0.25, 0.3) is 5.91 Å². The number of aromatic nitrogens is 3. The molecule has 0 spiro atoms. The van der Waals surface area contributed by atoms with Crippen molar-refractivity contribution in [1.29, 1.82) is 0 Å². The Morgan fingerprint density at radius 3 is 2.40 bits per heavy atom. The van der Waals surface area contributed by atoms with E-state index in [0.717, 1.165) is 56.2 Å². The van der Waals surface area contributed by atoms with Crippen LogP contribution in [0.3, 0.4) is 0 Å². The lowest BCUT2D eigenvalue weighted by atomic mass is 10.1. The van der Waals surface area contributed by atoms with E-state index >= 15 is 0 Å². The molecule has 0 saturated carbocycles. The molecule has 9 nitrogen and oxygen atoms in total. The van der Waals surface area contributed by atoms with Crippen molar-refractivity contribution in [2.45, 2.75) is 6.54 Å². The Bertz CT molecular complexity index is 1450. The van der Waals surface area contributed by atoms with Crippen LogP contribution in [0.2, 0.25) is 0 Å². The van der Waals surface area contributed by atoms with Crippen molar-refractivity contribution in [2.75, 3.05) is 49.9 Å². The number of anilines is 3. The van der Waals surface area contributed by atoms with Gasteiger partial charge in [0, 0.05) is 80.4 Å². The Labute approximate surface area is 239 Å². The smallest absolute Gasteiger partial charge is 0.255 e. The number of hydrogen-bond acceptors (Lipinski definition) is 9. The summed E-state index contributed by atoms with van der Waals surface area (Å²) in [6, 6.07) is 20.9. The van der Waals surface area contributed by atoms with E-state index in [0.29, 0.717) is 23.7 Å². The minimum absolute atomic E-state index is 0.146. The summed E-state index contributed by atoms with van der Waals surface area (Å²) in [7, 11) is 0. The number of piperazine rings is 1. The largest absolute Gasteiger partial charge is 0.324 e. The number of benzene rings is 2. The maximum atomic E-state index is 12.8. The van der Waals surface area contributed by atoms with Crippen LogP contribution in [0.15, 0.2) is 90.3 Å². The van der Waals surface area contributed by atoms with E-state index in [1.54, 1.807) is 18.6 Å². The van der Waals surface area contributed by atoms with Crippen LogP contribution in [0.5, 0.6) is 0 Å². The monoisotopic (exact) mass is 550 g/mol. The second-order valence-corrected chi connectivity index (χ2v) is 9.63. The standard InChI is InChI=1S/C30H30N8OS/c39-29(24-5-3-23(4-6-24)21-38-18-16-37(17-19-38)15-14-32-22-40)34-26-7-9-27(10-8-26)35-30-33-13-11-28(36-30)25-2-1-12-31-20-25/h1-13,20H,14-19,21H2,(H,34,39)(H,33,35,36). The van der Waals surface area contributed by atoms with E-state index < -0.39 is 0 Å². The van der Waals surface area contributed by atoms with Gasteiger partial charge in [-0.15, -0.1) is 0 Å². The van der Waals surface area contributed by atoms with E-state index in [1.165, 1.54) is 5.56 Å². The van der Waals surface area contributed by atoms with E-state index in [-0.39, 0.29) is 5.91 Å². The van der Waals surface area contributed by atoms with Crippen molar-refractivity contribution in [1.82, 2.24) is 24.8 Å². The highest BCUT2D eigenvalue weighted by Gasteiger charge is 2.16. The van der Waals surface area contributed by atoms with Crippen molar-refractivity contribution in [2.24, 2.45) is 4.99 Å². The first-order valence-electron chi connectivity index (χ1n) is 13.2. The maximum Gasteiger partial charge on any atom is 0.255 e. The van der Waals surface area contributed by atoms with Gasteiger partial charge in [-0.3, -0.25) is 19.6 Å². The number of isothiocyanates is 1. The zero-order valence-electron chi connectivity index (χ0n) is 22.0. The van der Waals surface area contributed by atoms with E-state index in [9.17, 15) is 4.79 Å². The number of carbonyl (C=O) groups excluding carboxylic acids is 1.